The van der Waals surface area contributed by atoms with Gasteiger partial charge in [0.2, 0.25) is 0 Å². The summed E-state index contributed by atoms with van der Waals surface area (Å²) in [7, 11) is 1.14. The lowest BCUT2D eigenvalue weighted by atomic mass is 10.4. The molecule has 0 unspecified atom stereocenters. The lowest BCUT2D eigenvalue weighted by Gasteiger charge is -1.97. The van der Waals surface area contributed by atoms with E-state index < -0.39 is 0 Å². The predicted molar refractivity (Wildman–Crippen MR) is 56.4 cm³/mol. The van der Waals surface area contributed by atoms with Gasteiger partial charge in [0.15, 0.2) is 0 Å². The Morgan fingerprint density at radius 3 is 2.56 bits per heavy atom. The molecule has 0 bridgehead atoms. The van der Waals surface area contributed by atoms with Gasteiger partial charge in [-0.2, -0.15) is 0 Å². The van der Waals surface area contributed by atoms with Crippen LogP contribution in [0.5, 0.6) is 0 Å². The Labute approximate surface area is 79.7 Å². The van der Waals surface area contributed by atoms with Gasteiger partial charge >= 0.3 is 0 Å². The summed E-state index contributed by atoms with van der Waals surface area (Å²) in [5, 5.41) is 1.46. The highest BCUT2D eigenvalue weighted by atomic mass is 127. The maximum Gasteiger partial charge on any atom is 0.0399 e. The molecule has 3 heteroatoms. The van der Waals surface area contributed by atoms with Crippen LogP contribution >= 0.6 is 38.5 Å². The van der Waals surface area contributed by atoms with Crippen LogP contribution in [0.25, 0.3) is 0 Å². The van der Waals surface area contributed by atoms with Gasteiger partial charge in [0.05, 0.1) is 0 Å². The number of benzene rings is 1. The van der Waals surface area contributed by atoms with Crippen molar-refractivity contribution in [1.29, 1.82) is 0 Å². The Balaban J connectivity index is 3.25. The van der Waals surface area contributed by atoms with Crippen molar-refractivity contribution in [1.82, 2.24) is 0 Å². The summed E-state index contributed by atoms with van der Waals surface area (Å²) < 4.78 is 2.58. The Bertz CT molecular complexity index is 204. The first-order chi connectivity index (χ1) is 4.22. The maximum atomic E-state index is 3.46. The molecule has 0 fully saturated rings. The summed E-state index contributed by atoms with van der Waals surface area (Å²) in [5.41, 5.74) is 0. The van der Waals surface area contributed by atoms with Gasteiger partial charge in [-0.15, -0.1) is 0 Å². The Kier molecular flexibility index (Phi) is 2.72. The van der Waals surface area contributed by atoms with E-state index >= 15 is 0 Å². The van der Waals surface area contributed by atoms with Crippen molar-refractivity contribution in [2.45, 2.75) is 0 Å². The third-order valence-corrected chi connectivity index (χ3v) is 5.83. The predicted octanol–water partition coefficient (Wildman–Crippen LogP) is 1.04. The van der Waals surface area contributed by atoms with Crippen LogP contribution in [0.15, 0.2) is 22.7 Å². The lowest BCUT2D eigenvalue weighted by molar-refractivity contribution is 1.64. The van der Waals surface area contributed by atoms with Crippen molar-refractivity contribution in [3.8, 4) is 0 Å². The molecule has 1 rings (SSSR count). The van der Waals surface area contributed by atoms with Crippen molar-refractivity contribution in [3.63, 3.8) is 0 Å². The van der Waals surface area contributed by atoms with Crippen molar-refractivity contribution in [3.05, 3.63) is 26.2 Å². The summed E-state index contributed by atoms with van der Waals surface area (Å²) in [6.45, 7) is 0. The van der Waals surface area contributed by atoms with Gasteiger partial charge in [-0.1, -0.05) is 17.3 Å². The Hall–Kier alpha value is 0.647. The van der Waals surface area contributed by atoms with Gasteiger partial charge in [0, 0.05) is 18.3 Å². The number of hydrogen-bond acceptors (Lipinski definition) is 0. The second-order valence-corrected chi connectivity index (χ2v) is 4.88. The highest BCUT2D eigenvalue weighted by Crippen LogP contribution is 2.14. The monoisotopic (exact) mass is 312 g/mol. The largest absolute Gasteiger partial charge is 0.0629 e. The first-order valence-corrected chi connectivity index (χ1v) is 5.49. The number of halogens is 2. The van der Waals surface area contributed by atoms with E-state index in [0.29, 0.717) is 0 Å². The van der Waals surface area contributed by atoms with Crippen LogP contribution in [0.1, 0.15) is 0 Å². The van der Waals surface area contributed by atoms with E-state index in [1.807, 2.05) is 0 Å². The van der Waals surface area contributed by atoms with Crippen LogP contribution in [0.4, 0.5) is 0 Å². The fraction of sp³-hybridized carbons (Fsp3) is 0. The van der Waals surface area contributed by atoms with E-state index in [2.05, 4.69) is 56.7 Å². The SMILES string of the molecule is [SiH3]c1cccc(Br)c1I. The van der Waals surface area contributed by atoms with Crippen LogP contribution in [0.2, 0.25) is 0 Å². The standard InChI is InChI=1S/C6H6BrISi/c7-4-2-1-3-5(9)6(4)8/h1-3H,9H3. The molecule has 0 amide bonds. The fourth-order valence-corrected chi connectivity index (χ4v) is 2.26. The summed E-state index contributed by atoms with van der Waals surface area (Å²) in [4.78, 5) is 0. The van der Waals surface area contributed by atoms with Gasteiger partial charge in [-0.25, -0.2) is 0 Å². The summed E-state index contributed by atoms with van der Waals surface area (Å²) >= 11 is 5.82. The topological polar surface area (TPSA) is 0 Å². The van der Waals surface area contributed by atoms with Gasteiger partial charge in [-0.05, 0) is 44.6 Å². The van der Waals surface area contributed by atoms with Crippen molar-refractivity contribution < 1.29 is 0 Å². The molecule has 0 radical (unpaired) electrons. The molecule has 9 heavy (non-hydrogen) atoms. The van der Waals surface area contributed by atoms with Crippen LogP contribution in [-0.4, -0.2) is 10.2 Å². The van der Waals surface area contributed by atoms with Crippen LogP contribution in [0, 0.1) is 3.57 Å². The fourth-order valence-electron chi connectivity index (χ4n) is 0.612. The van der Waals surface area contributed by atoms with E-state index in [9.17, 15) is 0 Å². The normalized spacial score (nSPS) is 10.0. The molecule has 0 aromatic heterocycles. The summed E-state index contributed by atoms with van der Waals surface area (Å²) in [6.07, 6.45) is 0. The molecule has 0 N–H and O–H groups in total. The average molecular weight is 313 g/mol. The minimum absolute atomic E-state index is 1.14. The highest BCUT2D eigenvalue weighted by molar-refractivity contribution is 14.1. The van der Waals surface area contributed by atoms with Gasteiger partial charge in [-0.3, -0.25) is 0 Å². The molecule has 0 aliphatic carbocycles. The molecule has 48 valence electrons. The minimum atomic E-state index is 1.14. The second-order valence-electron chi connectivity index (χ2n) is 1.87. The third-order valence-electron chi connectivity index (χ3n) is 1.14. The second kappa shape index (κ2) is 3.16. The Morgan fingerprint density at radius 1 is 1.44 bits per heavy atom. The van der Waals surface area contributed by atoms with E-state index in [1.165, 1.54) is 13.2 Å². The molecular weight excluding hydrogens is 307 g/mol. The minimum Gasteiger partial charge on any atom is -0.0629 e. The van der Waals surface area contributed by atoms with Gasteiger partial charge < -0.3 is 0 Å². The van der Waals surface area contributed by atoms with E-state index in [4.69, 9.17) is 0 Å². The molecule has 1 aromatic rings. The Morgan fingerprint density at radius 2 is 2.11 bits per heavy atom. The number of hydrogen-bond donors (Lipinski definition) is 0. The van der Waals surface area contributed by atoms with Crippen LogP contribution < -0.4 is 5.19 Å². The highest BCUT2D eigenvalue weighted by Gasteiger charge is 1.95. The summed E-state index contributed by atoms with van der Waals surface area (Å²) in [6, 6.07) is 6.32. The molecule has 1 aromatic carbocycles. The molecular formula is C6H6BrISi. The zero-order valence-corrected chi connectivity index (χ0v) is 10.7. The van der Waals surface area contributed by atoms with Gasteiger partial charge in [0.25, 0.3) is 0 Å². The lowest BCUT2D eigenvalue weighted by Crippen LogP contribution is -2.06. The molecule has 0 aliphatic rings. The molecule has 0 aliphatic heterocycles. The molecule has 0 spiro atoms. The smallest absolute Gasteiger partial charge is 0.0399 e. The molecule has 0 nitrogen and oxygen atoms in total. The zero-order valence-electron chi connectivity index (χ0n) is 4.99. The van der Waals surface area contributed by atoms with Gasteiger partial charge in [0.1, 0.15) is 0 Å². The first kappa shape index (κ1) is 7.75. The van der Waals surface area contributed by atoms with Crippen LogP contribution in [0.3, 0.4) is 0 Å². The molecule has 0 saturated carbocycles. The third kappa shape index (κ3) is 1.78. The van der Waals surface area contributed by atoms with E-state index in [0.717, 1.165) is 10.2 Å². The molecule has 0 atom stereocenters. The van der Waals surface area contributed by atoms with Crippen molar-refractivity contribution in [2.75, 3.05) is 0 Å². The molecule has 0 saturated heterocycles. The maximum absolute atomic E-state index is 3.46. The zero-order chi connectivity index (χ0) is 6.85. The molecule has 0 heterocycles. The number of rotatable bonds is 0. The van der Waals surface area contributed by atoms with Crippen molar-refractivity contribution >= 4 is 54.0 Å². The first-order valence-electron chi connectivity index (χ1n) is 2.62. The van der Waals surface area contributed by atoms with Crippen molar-refractivity contribution in [2.24, 2.45) is 0 Å². The quantitative estimate of drug-likeness (QED) is 0.496. The van der Waals surface area contributed by atoms with Crippen LogP contribution in [-0.2, 0) is 0 Å². The van der Waals surface area contributed by atoms with E-state index in [1.54, 1.807) is 0 Å². The average Bonchev–Trinajstić information content (AvgIpc) is 1.83. The van der Waals surface area contributed by atoms with E-state index in [-0.39, 0.29) is 0 Å². The summed E-state index contributed by atoms with van der Waals surface area (Å²) in [5.74, 6) is 0.